The maximum absolute atomic E-state index is 9.27. The summed E-state index contributed by atoms with van der Waals surface area (Å²) in [7, 11) is 0. The molecule has 0 radical (unpaired) electrons. The molecule has 20 aromatic rings. The number of benzene rings is 14. The van der Waals surface area contributed by atoms with Crippen LogP contribution >= 0.6 is 0 Å². The highest BCUT2D eigenvalue weighted by Crippen LogP contribution is 2.47. The van der Waals surface area contributed by atoms with Crippen molar-refractivity contribution in [3.63, 3.8) is 0 Å². The number of hydrogen-bond donors (Lipinski definition) is 0. The minimum atomic E-state index is 0.464. The molecule has 0 unspecified atom stereocenters. The number of rotatable bonds is 7. The van der Waals surface area contributed by atoms with Crippen LogP contribution in [0.1, 0.15) is 0 Å². The van der Waals surface area contributed by atoms with E-state index in [1.807, 2.05) is 24.3 Å². The van der Waals surface area contributed by atoms with E-state index in [0.717, 1.165) is 133 Å². The third-order valence-electron chi connectivity index (χ3n) is 19.8. The molecular formula is C86H50N8. The first-order valence-electron chi connectivity index (χ1n) is 31.7. The summed E-state index contributed by atoms with van der Waals surface area (Å²) in [5.41, 5.74) is 21.1. The lowest BCUT2D eigenvalue weighted by atomic mass is 10.0. The molecule has 8 nitrogen and oxygen atoms in total. The van der Waals surface area contributed by atoms with Crippen molar-refractivity contribution in [3.8, 4) is 45.3 Å². The Labute approximate surface area is 537 Å². The molecule has 14 aromatic carbocycles. The van der Waals surface area contributed by atoms with Crippen molar-refractivity contribution in [2.45, 2.75) is 0 Å². The first kappa shape index (κ1) is 51.7. The average Bonchev–Trinajstić information content (AvgIpc) is 1.53. The Balaban J connectivity index is 0.964. The van der Waals surface area contributed by atoms with Gasteiger partial charge in [0, 0.05) is 87.4 Å². The number of para-hydroxylation sites is 8. The van der Waals surface area contributed by atoms with Crippen molar-refractivity contribution in [1.82, 2.24) is 27.4 Å². The van der Waals surface area contributed by atoms with Crippen LogP contribution in [0.15, 0.2) is 303 Å². The largest absolute Gasteiger partial charge is 0.309 e. The maximum Gasteiger partial charge on any atom is 0.197 e. The topological polar surface area (TPSA) is 38.3 Å². The molecule has 0 spiro atoms. The zero-order valence-electron chi connectivity index (χ0n) is 50.4. The fraction of sp³-hybridized carbons (Fsp3) is 0. The van der Waals surface area contributed by atoms with Crippen LogP contribution in [-0.4, -0.2) is 27.4 Å². The molecule has 0 aliphatic rings. The fourth-order valence-electron chi connectivity index (χ4n) is 15.9. The van der Waals surface area contributed by atoms with Gasteiger partial charge in [-0.1, -0.05) is 188 Å². The van der Waals surface area contributed by atoms with Gasteiger partial charge < -0.3 is 27.4 Å². The number of nitrogens with zero attached hydrogens (tertiary/aromatic N) is 8. The van der Waals surface area contributed by atoms with Gasteiger partial charge in [0.05, 0.1) is 90.7 Å². The van der Waals surface area contributed by atoms with Gasteiger partial charge in [-0.3, -0.25) is 0 Å². The molecule has 0 saturated carbocycles. The Kier molecular flexibility index (Phi) is 10.8. The van der Waals surface area contributed by atoms with Gasteiger partial charge in [0.2, 0.25) is 0 Å². The van der Waals surface area contributed by atoms with E-state index in [1.54, 1.807) is 0 Å². The minimum Gasteiger partial charge on any atom is -0.309 e. The highest BCUT2D eigenvalue weighted by Gasteiger charge is 2.27. The molecule has 6 aromatic heterocycles. The Bertz CT molecular complexity index is 6220. The standard InChI is InChI=1S/C86H50N8/c1-87-54-21-19-20-53(46-54)71-51-85(93-81-47-55(89-73-30-11-3-22-59(73)60-23-4-12-31-74(60)89)38-42-67(81)68-43-39-56(48-82(68)93)90-75-32-13-5-24-61(75)62-25-6-14-33-76(62)90)86(52-72(71)88-2)94-83-49-57(91-77-34-15-7-26-63(77)64-27-8-16-35-78(64)91)40-44-69(83)70-45-41-58(50-84(70)94)92-79-36-17-9-28-65(79)66-29-10-18-37-80(66)92/h3-52H. The predicted octanol–water partition coefficient (Wildman–Crippen LogP) is 23.0. The smallest absolute Gasteiger partial charge is 0.197 e. The molecular weight excluding hydrogens is 1150 g/mol. The summed E-state index contributed by atoms with van der Waals surface area (Å²) in [4.78, 5) is 8.42. The molecule has 94 heavy (non-hydrogen) atoms. The second kappa shape index (κ2) is 19.7. The Morgan fingerprint density at radius 3 is 0.745 bits per heavy atom. The summed E-state index contributed by atoms with van der Waals surface area (Å²) in [5.74, 6) is 0. The molecule has 0 fully saturated rings. The van der Waals surface area contributed by atoms with Gasteiger partial charge in [0.15, 0.2) is 11.4 Å². The van der Waals surface area contributed by atoms with E-state index < -0.39 is 0 Å². The maximum atomic E-state index is 9.27. The monoisotopic (exact) mass is 1190 g/mol. The van der Waals surface area contributed by atoms with Gasteiger partial charge in [-0.2, -0.15) is 0 Å². The van der Waals surface area contributed by atoms with E-state index >= 15 is 0 Å². The molecule has 20 rings (SSSR count). The summed E-state index contributed by atoms with van der Waals surface area (Å²) in [6.07, 6.45) is 0. The Morgan fingerprint density at radius 1 is 0.202 bits per heavy atom. The van der Waals surface area contributed by atoms with Crippen LogP contribution < -0.4 is 0 Å². The summed E-state index contributed by atoms with van der Waals surface area (Å²) in [6.45, 7) is 17.5. The Hall–Kier alpha value is -13.1. The van der Waals surface area contributed by atoms with E-state index in [9.17, 15) is 6.57 Å². The third-order valence-corrected chi connectivity index (χ3v) is 19.8. The zero-order chi connectivity index (χ0) is 61.9. The van der Waals surface area contributed by atoms with Crippen LogP contribution in [0.3, 0.4) is 0 Å². The quantitative estimate of drug-likeness (QED) is 0.143. The molecule has 0 atom stereocenters. The summed E-state index contributed by atoms with van der Waals surface area (Å²) >= 11 is 0. The summed E-state index contributed by atoms with van der Waals surface area (Å²) < 4.78 is 14.5. The summed E-state index contributed by atoms with van der Waals surface area (Å²) in [5, 5.41) is 13.8. The number of hydrogen-bond acceptors (Lipinski definition) is 0. The van der Waals surface area contributed by atoms with Crippen molar-refractivity contribution in [2.24, 2.45) is 0 Å². The average molecular weight is 1200 g/mol. The second-order valence-electron chi connectivity index (χ2n) is 24.6. The lowest BCUT2D eigenvalue weighted by molar-refractivity contribution is 1.09. The number of fused-ring (bicyclic) bond motifs is 18. The second-order valence-corrected chi connectivity index (χ2v) is 24.6. The number of aromatic nitrogens is 6. The van der Waals surface area contributed by atoms with Gasteiger partial charge >= 0.3 is 0 Å². The van der Waals surface area contributed by atoms with E-state index in [2.05, 4.69) is 316 Å². The molecule has 0 saturated heterocycles. The van der Waals surface area contributed by atoms with Crippen molar-refractivity contribution < 1.29 is 0 Å². The van der Waals surface area contributed by atoms with E-state index in [4.69, 9.17) is 6.57 Å². The van der Waals surface area contributed by atoms with Gasteiger partial charge in [0.25, 0.3) is 0 Å². The van der Waals surface area contributed by atoms with Crippen LogP contribution in [0.5, 0.6) is 0 Å². The molecule has 6 heterocycles. The van der Waals surface area contributed by atoms with Crippen LogP contribution in [0.25, 0.3) is 186 Å². The molecule has 0 amide bonds. The van der Waals surface area contributed by atoms with Gasteiger partial charge in [0.1, 0.15) is 0 Å². The lowest BCUT2D eigenvalue weighted by Gasteiger charge is -2.21. The van der Waals surface area contributed by atoms with E-state index in [1.165, 1.54) is 43.1 Å². The van der Waals surface area contributed by atoms with Crippen molar-refractivity contribution in [3.05, 3.63) is 326 Å². The molecule has 0 aliphatic carbocycles. The van der Waals surface area contributed by atoms with Crippen LogP contribution in [-0.2, 0) is 0 Å². The molecule has 8 heteroatoms. The van der Waals surface area contributed by atoms with Gasteiger partial charge in [-0.25, -0.2) is 9.69 Å². The van der Waals surface area contributed by atoms with Crippen molar-refractivity contribution in [2.75, 3.05) is 0 Å². The van der Waals surface area contributed by atoms with E-state index in [0.29, 0.717) is 11.4 Å². The van der Waals surface area contributed by atoms with Crippen LogP contribution in [0.4, 0.5) is 11.4 Å². The molecule has 0 aliphatic heterocycles. The molecule has 0 N–H and O–H groups in total. The highest BCUT2D eigenvalue weighted by molar-refractivity contribution is 6.17. The zero-order valence-corrected chi connectivity index (χ0v) is 50.4. The normalized spacial score (nSPS) is 12.0. The van der Waals surface area contributed by atoms with Crippen molar-refractivity contribution in [1.29, 1.82) is 0 Å². The van der Waals surface area contributed by atoms with Crippen LogP contribution in [0, 0.1) is 13.1 Å². The molecule has 434 valence electrons. The van der Waals surface area contributed by atoms with Crippen LogP contribution in [0.2, 0.25) is 0 Å². The van der Waals surface area contributed by atoms with Crippen molar-refractivity contribution >= 4 is 142 Å². The fourth-order valence-corrected chi connectivity index (χ4v) is 15.9. The summed E-state index contributed by atoms with van der Waals surface area (Å²) in [6, 6.07) is 109. The lowest BCUT2D eigenvalue weighted by Crippen LogP contribution is -2.06. The molecule has 0 bridgehead atoms. The highest BCUT2D eigenvalue weighted by atomic mass is 15.1. The first-order chi connectivity index (χ1) is 46.6. The first-order valence-corrected chi connectivity index (χ1v) is 31.7. The van der Waals surface area contributed by atoms with Gasteiger partial charge in [-0.15, -0.1) is 0 Å². The SMILES string of the molecule is [C-]#[N+]c1cccc(-c2cc(-n3c4cc(-n5c6ccccc6c6ccccc65)ccc4c4ccc(-n5c6ccccc6c6ccccc65)cc43)c(-n3c4cc(-n5c6ccccc6c6ccccc65)ccc4c4ccc(-n5c6ccccc6c6ccccc65)cc43)cc2[N+]#[C-])c1. The van der Waals surface area contributed by atoms with E-state index in [-0.39, 0.29) is 0 Å². The third kappa shape index (κ3) is 7.25. The van der Waals surface area contributed by atoms with Gasteiger partial charge in [-0.05, 0) is 126 Å². The Morgan fingerprint density at radius 2 is 0.468 bits per heavy atom. The minimum absolute atomic E-state index is 0.464. The predicted molar refractivity (Wildman–Crippen MR) is 390 cm³/mol.